The highest BCUT2D eigenvalue weighted by atomic mass is 15.0. The highest BCUT2D eigenvalue weighted by Gasteiger charge is 1.96. The predicted molar refractivity (Wildman–Crippen MR) is 52.4 cm³/mol. The average Bonchev–Trinajstić information content (AvgIpc) is 2.86. The van der Waals surface area contributed by atoms with Crippen molar-refractivity contribution < 1.29 is 4.57 Å². The second kappa shape index (κ2) is 4.60. The van der Waals surface area contributed by atoms with Gasteiger partial charge in [0.25, 0.3) is 0 Å². The highest BCUT2D eigenvalue weighted by Crippen LogP contribution is 1.94. The molecule has 0 aliphatic rings. The lowest BCUT2D eigenvalue weighted by Crippen LogP contribution is -2.30. The monoisotopic (exact) mass is 191 g/mol. The van der Waals surface area contributed by atoms with E-state index in [1.54, 1.807) is 0 Å². The molecule has 0 bridgehead atoms. The molecule has 2 aromatic rings. The van der Waals surface area contributed by atoms with E-state index in [2.05, 4.69) is 25.3 Å². The molecule has 0 spiro atoms. The van der Waals surface area contributed by atoms with Crippen LogP contribution in [0.1, 0.15) is 12.8 Å². The van der Waals surface area contributed by atoms with Gasteiger partial charge in [-0.3, -0.25) is 4.98 Å². The Morgan fingerprint density at radius 1 is 1.36 bits per heavy atom. The van der Waals surface area contributed by atoms with E-state index in [0.29, 0.717) is 0 Å². The maximum absolute atomic E-state index is 4.00. The van der Waals surface area contributed by atoms with Gasteiger partial charge in [0.1, 0.15) is 12.4 Å². The quantitative estimate of drug-likeness (QED) is 0.555. The summed E-state index contributed by atoms with van der Waals surface area (Å²) in [7, 11) is 0. The van der Waals surface area contributed by atoms with Crippen LogP contribution in [-0.4, -0.2) is 14.5 Å². The number of aryl methyl sites for hydroxylation is 2. The minimum Gasteiger partial charge on any atom is -0.337 e. The molecular weight excluding hydrogens is 176 g/mol. The maximum Gasteiger partial charge on any atom is 0.241 e. The van der Waals surface area contributed by atoms with E-state index in [-0.39, 0.29) is 0 Å². The van der Waals surface area contributed by atoms with E-state index < -0.39 is 0 Å². The Labute approximate surface area is 83.2 Å². The van der Waals surface area contributed by atoms with Crippen molar-refractivity contribution in [2.75, 3.05) is 0 Å². The van der Waals surface area contributed by atoms with Gasteiger partial charge in [0.2, 0.25) is 6.33 Å². The number of rotatable bonds is 5. The van der Waals surface area contributed by atoms with Crippen molar-refractivity contribution in [1.29, 1.82) is 0 Å². The summed E-state index contributed by atoms with van der Waals surface area (Å²) < 4.78 is 4.27. The number of aromatic nitrogens is 4. The summed E-state index contributed by atoms with van der Waals surface area (Å²) in [6, 6.07) is 0. The molecule has 74 valence electrons. The molecule has 0 fully saturated rings. The molecule has 4 heteroatoms. The lowest BCUT2D eigenvalue weighted by Gasteiger charge is -2.00. The van der Waals surface area contributed by atoms with Crippen molar-refractivity contribution in [3.05, 3.63) is 37.4 Å². The summed E-state index contributed by atoms with van der Waals surface area (Å²) in [5.74, 6) is 0. The number of aromatic amines is 1. The molecule has 14 heavy (non-hydrogen) atoms. The molecule has 0 saturated carbocycles. The summed E-state index contributed by atoms with van der Waals surface area (Å²) >= 11 is 0. The zero-order valence-electron chi connectivity index (χ0n) is 8.13. The van der Waals surface area contributed by atoms with Gasteiger partial charge in [0, 0.05) is 18.9 Å². The van der Waals surface area contributed by atoms with Gasteiger partial charge in [-0.1, -0.05) is 0 Å². The number of unbranched alkanes of at least 4 members (excludes halogenated alkanes) is 1. The van der Waals surface area contributed by atoms with Crippen LogP contribution in [-0.2, 0) is 13.1 Å². The van der Waals surface area contributed by atoms with E-state index in [4.69, 9.17) is 0 Å². The van der Waals surface area contributed by atoms with Gasteiger partial charge in [-0.05, 0) is 12.8 Å². The maximum atomic E-state index is 4.00. The summed E-state index contributed by atoms with van der Waals surface area (Å²) in [5.41, 5.74) is 0. The summed E-state index contributed by atoms with van der Waals surface area (Å²) in [6.45, 7) is 2.14. The largest absolute Gasteiger partial charge is 0.337 e. The van der Waals surface area contributed by atoms with Gasteiger partial charge >= 0.3 is 0 Å². The number of nitrogens with one attached hydrogen (secondary N) is 1. The van der Waals surface area contributed by atoms with Gasteiger partial charge in [0.05, 0.1) is 12.9 Å². The third-order valence-corrected chi connectivity index (χ3v) is 2.24. The van der Waals surface area contributed by atoms with Crippen molar-refractivity contribution in [3.8, 4) is 0 Å². The summed E-state index contributed by atoms with van der Waals surface area (Å²) in [6.07, 6.45) is 14.0. The number of imidazole rings is 2. The number of hydrogen-bond donors (Lipinski definition) is 1. The third kappa shape index (κ3) is 2.45. The lowest BCUT2D eigenvalue weighted by molar-refractivity contribution is -0.696. The van der Waals surface area contributed by atoms with E-state index in [0.717, 1.165) is 13.1 Å². The number of H-pyrrole nitrogens is 1. The van der Waals surface area contributed by atoms with E-state index in [1.807, 2.05) is 31.2 Å². The van der Waals surface area contributed by atoms with Crippen LogP contribution in [0, 0.1) is 0 Å². The van der Waals surface area contributed by atoms with Crippen LogP contribution in [0.15, 0.2) is 37.4 Å². The molecule has 2 heterocycles. The Bertz CT molecular complexity index is 300. The SMILES string of the molecule is c1cn(CCCC[n+]2cc[nH]c2)cn1. The standard InChI is InChI=1S/C10H14N4/c1(5-13-7-3-11-9-13)2-6-14-8-4-12-10-14/h3-4,7-10H,1-2,5-6H2/p+1. The molecule has 0 unspecified atom stereocenters. The summed E-state index contributed by atoms with van der Waals surface area (Å²) in [4.78, 5) is 7.04. The Kier molecular flexibility index (Phi) is 2.95. The van der Waals surface area contributed by atoms with Crippen LogP contribution in [0.5, 0.6) is 0 Å². The topological polar surface area (TPSA) is 37.5 Å². The van der Waals surface area contributed by atoms with Gasteiger partial charge in [0.15, 0.2) is 0 Å². The normalized spacial score (nSPS) is 10.6. The van der Waals surface area contributed by atoms with Crippen molar-refractivity contribution in [2.45, 2.75) is 25.9 Å². The first-order valence-electron chi connectivity index (χ1n) is 4.93. The molecule has 0 radical (unpaired) electrons. The fourth-order valence-corrected chi connectivity index (χ4v) is 1.47. The fraction of sp³-hybridized carbons (Fsp3) is 0.400. The molecule has 0 atom stereocenters. The third-order valence-electron chi connectivity index (χ3n) is 2.24. The van der Waals surface area contributed by atoms with Crippen LogP contribution in [0.4, 0.5) is 0 Å². The molecule has 2 aromatic heterocycles. The van der Waals surface area contributed by atoms with E-state index in [1.165, 1.54) is 12.8 Å². The molecule has 0 aromatic carbocycles. The van der Waals surface area contributed by atoms with Gasteiger partial charge < -0.3 is 4.57 Å². The second-order valence-corrected chi connectivity index (χ2v) is 3.36. The molecule has 2 rings (SSSR count). The first kappa shape index (κ1) is 8.99. The van der Waals surface area contributed by atoms with Gasteiger partial charge in [-0.2, -0.15) is 0 Å². The fourth-order valence-electron chi connectivity index (χ4n) is 1.47. The first-order chi connectivity index (χ1) is 6.95. The highest BCUT2D eigenvalue weighted by molar-refractivity contribution is 4.73. The van der Waals surface area contributed by atoms with E-state index in [9.17, 15) is 0 Å². The van der Waals surface area contributed by atoms with Crippen molar-refractivity contribution >= 4 is 0 Å². The predicted octanol–water partition coefficient (Wildman–Crippen LogP) is 0.979. The van der Waals surface area contributed by atoms with Crippen molar-refractivity contribution in [2.24, 2.45) is 0 Å². The second-order valence-electron chi connectivity index (χ2n) is 3.36. The van der Waals surface area contributed by atoms with Crippen LogP contribution < -0.4 is 4.57 Å². The molecule has 0 amide bonds. The molecule has 0 aliphatic carbocycles. The molecule has 0 aliphatic heterocycles. The van der Waals surface area contributed by atoms with Crippen LogP contribution in [0.3, 0.4) is 0 Å². The summed E-state index contributed by atoms with van der Waals surface area (Å²) in [5, 5.41) is 0. The first-order valence-corrected chi connectivity index (χ1v) is 4.93. The Hall–Kier alpha value is -1.58. The van der Waals surface area contributed by atoms with Crippen LogP contribution in [0.25, 0.3) is 0 Å². The number of hydrogen-bond acceptors (Lipinski definition) is 1. The Balaban J connectivity index is 1.65. The van der Waals surface area contributed by atoms with Crippen LogP contribution in [0.2, 0.25) is 0 Å². The molecular formula is C10H15N4+. The van der Waals surface area contributed by atoms with E-state index >= 15 is 0 Å². The molecule has 0 saturated heterocycles. The minimum atomic E-state index is 1.06. The van der Waals surface area contributed by atoms with Crippen molar-refractivity contribution in [3.63, 3.8) is 0 Å². The zero-order valence-corrected chi connectivity index (χ0v) is 8.13. The zero-order chi connectivity index (χ0) is 9.64. The lowest BCUT2D eigenvalue weighted by atomic mass is 10.3. The smallest absolute Gasteiger partial charge is 0.241 e. The Morgan fingerprint density at radius 2 is 2.36 bits per heavy atom. The molecule has 4 nitrogen and oxygen atoms in total. The van der Waals surface area contributed by atoms with Gasteiger partial charge in [-0.25, -0.2) is 9.55 Å². The molecule has 1 N–H and O–H groups in total. The average molecular weight is 191 g/mol. The number of nitrogens with zero attached hydrogens (tertiary/aromatic N) is 3. The van der Waals surface area contributed by atoms with Crippen LogP contribution >= 0.6 is 0 Å². The minimum absolute atomic E-state index is 1.06. The Morgan fingerprint density at radius 3 is 3.07 bits per heavy atom. The van der Waals surface area contributed by atoms with Crippen molar-refractivity contribution in [1.82, 2.24) is 14.5 Å². The van der Waals surface area contributed by atoms with Gasteiger partial charge in [-0.15, -0.1) is 0 Å².